The van der Waals surface area contributed by atoms with Crippen molar-refractivity contribution in [3.8, 4) is 0 Å². The fourth-order valence-electron chi connectivity index (χ4n) is 3.14. The summed E-state index contributed by atoms with van der Waals surface area (Å²) in [4.78, 5) is 15.6. The minimum Gasteiger partial charge on any atom is -0.388 e. The van der Waals surface area contributed by atoms with Crippen LogP contribution in [0, 0.1) is 0 Å². The Hall–Kier alpha value is -0.950. The highest BCUT2D eigenvalue weighted by Crippen LogP contribution is 2.38. The Bertz CT molecular complexity index is 476. The molecule has 1 aliphatic heterocycles. The van der Waals surface area contributed by atoms with E-state index in [0.717, 1.165) is 19.5 Å². The number of hydrogen-bond donors (Lipinski definition) is 2. The van der Waals surface area contributed by atoms with Crippen molar-refractivity contribution < 1.29 is 14.6 Å². The summed E-state index contributed by atoms with van der Waals surface area (Å²) in [6.45, 7) is 5.76. The summed E-state index contributed by atoms with van der Waals surface area (Å²) in [5.74, 6) is -0.187. The zero-order valence-corrected chi connectivity index (χ0v) is 14.4. The van der Waals surface area contributed by atoms with Crippen LogP contribution in [0.25, 0.3) is 0 Å². The van der Waals surface area contributed by atoms with Gasteiger partial charge in [0.15, 0.2) is 0 Å². The maximum absolute atomic E-state index is 12.0. The van der Waals surface area contributed by atoms with Crippen molar-refractivity contribution in [1.82, 2.24) is 10.2 Å². The number of methoxy groups -OCH3 is 1. The molecular formula is C16H26N2O3S. The Kier molecular flexibility index (Phi) is 5.97. The molecule has 22 heavy (non-hydrogen) atoms. The first kappa shape index (κ1) is 17.4. The van der Waals surface area contributed by atoms with E-state index in [-0.39, 0.29) is 24.6 Å². The minimum absolute atomic E-state index is 0.00417. The van der Waals surface area contributed by atoms with Crippen LogP contribution in [0.1, 0.15) is 37.6 Å². The molecule has 1 aliphatic rings. The number of carbonyl (C=O) groups is 1. The highest BCUT2D eigenvalue weighted by atomic mass is 32.1. The molecule has 0 saturated carbocycles. The molecule has 1 aromatic rings. The van der Waals surface area contributed by atoms with Gasteiger partial charge in [0.05, 0.1) is 17.7 Å². The van der Waals surface area contributed by atoms with Gasteiger partial charge in [-0.25, -0.2) is 0 Å². The molecule has 5 nitrogen and oxygen atoms in total. The average molecular weight is 326 g/mol. The lowest BCUT2D eigenvalue weighted by atomic mass is 9.81. The van der Waals surface area contributed by atoms with Crippen LogP contribution in [0.15, 0.2) is 17.5 Å². The number of carbonyl (C=O) groups excluding carboxylic acids is 1. The van der Waals surface area contributed by atoms with Gasteiger partial charge in [-0.1, -0.05) is 13.0 Å². The molecule has 2 N–H and O–H groups in total. The lowest BCUT2D eigenvalue weighted by Gasteiger charge is -2.48. The average Bonchev–Trinajstić information content (AvgIpc) is 2.97. The van der Waals surface area contributed by atoms with Crippen LogP contribution in [0.5, 0.6) is 0 Å². The van der Waals surface area contributed by atoms with Crippen LogP contribution in [-0.4, -0.2) is 54.4 Å². The monoisotopic (exact) mass is 326 g/mol. The molecule has 1 amide bonds. The third-order valence-corrected chi connectivity index (χ3v) is 5.16. The number of piperidine rings is 1. The lowest BCUT2D eigenvalue weighted by Crippen LogP contribution is -2.62. The lowest BCUT2D eigenvalue weighted by molar-refractivity contribution is -0.131. The largest absolute Gasteiger partial charge is 0.388 e. The van der Waals surface area contributed by atoms with Gasteiger partial charge >= 0.3 is 0 Å². The smallest absolute Gasteiger partial charge is 0.246 e. The van der Waals surface area contributed by atoms with E-state index in [1.807, 2.05) is 18.4 Å². The molecule has 0 radical (unpaired) electrons. The van der Waals surface area contributed by atoms with E-state index >= 15 is 0 Å². The van der Waals surface area contributed by atoms with Crippen molar-refractivity contribution in [3.05, 3.63) is 22.4 Å². The first-order valence-electron chi connectivity index (χ1n) is 7.77. The van der Waals surface area contributed by atoms with Crippen LogP contribution in [0.3, 0.4) is 0 Å². The number of likely N-dealkylation sites (tertiary alicyclic amines) is 1. The van der Waals surface area contributed by atoms with E-state index in [1.165, 1.54) is 12.0 Å². The van der Waals surface area contributed by atoms with Crippen LogP contribution < -0.4 is 5.32 Å². The minimum atomic E-state index is -0.928. The molecule has 124 valence electrons. The van der Waals surface area contributed by atoms with Gasteiger partial charge in [0.25, 0.3) is 0 Å². The molecule has 2 rings (SSSR count). The Labute approximate surface area is 136 Å². The summed E-state index contributed by atoms with van der Waals surface area (Å²) < 4.78 is 4.91. The van der Waals surface area contributed by atoms with Crippen LogP contribution in [0.2, 0.25) is 0 Å². The predicted octanol–water partition coefficient (Wildman–Crippen LogP) is 1.79. The van der Waals surface area contributed by atoms with Gasteiger partial charge in [-0.3, -0.25) is 9.69 Å². The first-order valence-corrected chi connectivity index (χ1v) is 8.65. The van der Waals surface area contributed by atoms with Crippen molar-refractivity contribution in [2.24, 2.45) is 0 Å². The van der Waals surface area contributed by atoms with Crippen molar-refractivity contribution in [3.63, 3.8) is 0 Å². The van der Waals surface area contributed by atoms with E-state index < -0.39 is 5.60 Å². The highest BCUT2D eigenvalue weighted by Gasteiger charge is 2.46. The summed E-state index contributed by atoms with van der Waals surface area (Å²) in [6, 6.07) is 3.76. The second kappa shape index (κ2) is 7.55. The molecule has 3 unspecified atom stereocenters. The first-order chi connectivity index (χ1) is 10.5. The number of hydrogen-bond acceptors (Lipinski definition) is 5. The van der Waals surface area contributed by atoms with Crippen molar-refractivity contribution >= 4 is 17.2 Å². The van der Waals surface area contributed by atoms with Gasteiger partial charge in [-0.15, -0.1) is 11.3 Å². The van der Waals surface area contributed by atoms with Gasteiger partial charge in [0.2, 0.25) is 5.91 Å². The molecule has 3 atom stereocenters. The van der Waals surface area contributed by atoms with Gasteiger partial charge in [0.1, 0.15) is 6.61 Å². The van der Waals surface area contributed by atoms with Gasteiger partial charge in [-0.05, 0) is 37.8 Å². The van der Waals surface area contributed by atoms with Crippen molar-refractivity contribution in [2.45, 2.75) is 44.4 Å². The molecule has 0 aromatic carbocycles. The normalized spacial score (nSPS) is 29.5. The number of ether oxygens (including phenoxy) is 1. The highest BCUT2D eigenvalue weighted by molar-refractivity contribution is 7.10. The summed E-state index contributed by atoms with van der Waals surface area (Å²) in [5.41, 5.74) is -0.928. The molecule has 1 saturated heterocycles. The molecule has 1 fully saturated rings. The quantitative estimate of drug-likeness (QED) is 0.837. The molecule has 2 heterocycles. The van der Waals surface area contributed by atoms with Crippen LogP contribution in [0.4, 0.5) is 0 Å². The summed E-state index contributed by atoms with van der Waals surface area (Å²) in [6.07, 6.45) is 1.69. The Morgan fingerprint density at radius 3 is 3.00 bits per heavy atom. The third kappa shape index (κ3) is 3.87. The number of rotatable bonds is 6. The number of aliphatic hydroxyl groups is 1. The zero-order chi connectivity index (χ0) is 16.2. The van der Waals surface area contributed by atoms with E-state index in [2.05, 4.69) is 23.2 Å². The maximum atomic E-state index is 12.0. The standard InChI is InChI=1S/C16H26N2O3S/c1-4-8-18-9-7-16(2,20)15(17-13(19)11-21-3)14(18)12-6-5-10-22-12/h5-6,10,14-15,20H,4,7-9,11H2,1-3H3,(H,17,19). The van der Waals surface area contributed by atoms with Gasteiger partial charge in [-0.2, -0.15) is 0 Å². The Morgan fingerprint density at radius 1 is 1.64 bits per heavy atom. The van der Waals surface area contributed by atoms with Crippen LogP contribution >= 0.6 is 11.3 Å². The molecule has 0 bridgehead atoms. The maximum Gasteiger partial charge on any atom is 0.246 e. The molecule has 1 aromatic heterocycles. The van der Waals surface area contributed by atoms with Crippen molar-refractivity contribution in [1.29, 1.82) is 0 Å². The predicted molar refractivity (Wildman–Crippen MR) is 88.0 cm³/mol. The number of nitrogens with one attached hydrogen (secondary N) is 1. The fraction of sp³-hybridized carbons (Fsp3) is 0.688. The van der Waals surface area contributed by atoms with E-state index in [9.17, 15) is 9.90 Å². The summed E-state index contributed by atoms with van der Waals surface area (Å²) in [5, 5.41) is 15.9. The second-order valence-electron chi connectivity index (χ2n) is 6.08. The number of amides is 1. The van der Waals surface area contributed by atoms with E-state index in [1.54, 1.807) is 11.3 Å². The van der Waals surface area contributed by atoms with E-state index in [0.29, 0.717) is 6.42 Å². The van der Waals surface area contributed by atoms with Crippen LogP contribution in [-0.2, 0) is 9.53 Å². The van der Waals surface area contributed by atoms with Gasteiger partial charge < -0.3 is 15.2 Å². The summed E-state index contributed by atoms with van der Waals surface area (Å²) >= 11 is 1.67. The fourth-order valence-corrected chi connectivity index (χ4v) is 4.03. The molecule has 6 heteroatoms. The third-order valence-electron chi connectivity index (χ3n) is 4.22. The van der Waals surface area contributed by atoms with Crippen molar-refractivity contribution in [2.75, 3.05) is 26.8 Å². The number of nitrogens with zero attached hydrogens (tertiary/aromatic N) is 1. The number of thiophene rings is 1. The molecule has 0 spiro atoms. The Morgan fingerprint density at radius 2 is 2.41 bits per heavy atom. The summed E-state index contributed by atoms with van der Waals surface area (Å²) in [7, 11) is 1.50. The zero-order valence-electron chi connectivity index (χ0n) is 13.5. The topological polar surface area (TPSA) is 61.8 Å². The molecule has 0 aliphatic carbocycles. The Balaban J connectivity index is 2.29. The molecular weight excluding hydrogens is 300 g/mol. The van der Waals surface area contributed by atoms with E-state index in [4.69, 9.17) is 4.74 Å². The second-order valence-corrected chi connectivity index (χ2v) is 7.06. The SMILES string of the molecule is CCCN1CCC(C)(O)C(NC(=O)COC)C1c1cccs1. The van der Waals surface area contributed by atoms with Gasteiger partial charge in [0, 0.05) is 18.5 Å².